The number of hydrogen-bond donors (Lipinski definition) is 1. The largest absolute Gasteiger partial charge is 0.487 e. The van der Waals surface area contributed by atoms with Crippen molar-refractivity contribution in [2.45, 2.75) is 40.3 Å². The number of carbonyl (C=O) groups is 1. The van der Waals surface area contributed by atoms with E-state index in [-0.39, 0.29) is 17.4 Å². The summed E-state index contributed by atoms with van der Waals surface area (Å²) in [6.45, 7) is 8.54. The molecule has 0 radical (unpaired) electrons. The lowest BCUT2D eigenvalue weighted by Gasteiger charge is -2.28. The van der Waals surface area contributed by atoms with Crippen LogP contribution in [0.25, 0.3) is 0 Å². The molecule has 2 heterocycles. The quantitative estimate of drug-likeness (QED) is 0.834. The second-order valence-corrected chi connectivity index (χ2v) is 7.09. The summed E-state index contributed by atoms with van der Waals surface area (Å²) in [7, 11) is 0. The minimum Gasteiger partial charge on any atom is -0.487 e. The molecule has 2 aromatic heterocycles. The maximum absolute atomic E-state index is 12.2. The SMILES string of the molecule is CC(NC(=O)c1ccc(COc2ccnc(Cl)c2)nc1)C(C)(C)C. The van der Waals surface area contributed by atoms with Gasteiger partial charge in [-0.15, -0.1) is 0 Å². The normalized spacial score (nSPS) is 12.5. The number of aromatic nitrogens is 2. The molecule has 2 rings (SSSR count). The summed E-state index contributed by atoms with van der Waals surface area (Å²) < 4.78 is 5.59. The Labute approximate surface area is 147 Å². The van der Waals surface area contributed by atoms with Gasteiger partial charge in [0.25, 0.3) is 5.91 Å². The zero-order valence-corrected chi connectivity index (χ0v) is 15.1. The van der Waals surface area contributed by atoms with Crippen LogP contribution in [0.4, 0.5) is 0 Å². The average molecular weight is 348 g/mol. The standard InChI is InChI=1S/C18H22ClN3O2/c1-12(18(2,3)4)22-17(23)13-5-6-14(21-10-13)11-24-15-7-8-20-16(19)9-15/h5-10,12H,11H2,1-4H3,(H,22,23). The molecule has 0 fully saturated rings. The fourth-order valence-electron chi connectivity index (χ4n) is 1.77. The highest BCUT2D eigenvalue weighted by atomic mass is 35.5. The van der Waals surface area contributed by atoms with Crippen LogP contribution in [0.15, 0.2) is 36.7 Å². The third-order valence-corrected chi connectivity index (χ3v) is 4.03. The number of pyridine rings is 2. The van der Waals surface area contributed by atoms with Crippen molar-refractivity contribution < 1.29 is 9.53 Å². The number of amides is 1. The van der Waals surface area contributed by atoms with Crippen LogP contribution >= 0.6 is 11.6 Å². The van der Waals surface area contributed by atoms with E-state index in [1.165, 1.54) is 0 Å². The van der Waals surface area contributed by atoms with Crippen LogP contribution < -0.4 is 10.1 Å². The zero-order valence-electron chi connectivity index (χ0n) is 14.3. The second-order valence-electron chi connectivity index (χ2n) is 6.70. The molecule has 0 aliphatic carbocycles. The summed E-state index contributed by atoms with van der Waals surface area (Å²) >= 11 is 5.80. The number of hydrogen-bond acceptors (Lipinski definition) is 4. The lowest BCUT2D eigenvalue weighted by Crippen LogP contribution is -2.41. The molecule has 0 saturated heterocycles. The van der Waals surface area contributed by atoms with Gasteiger partial charge in [-0.25, -0.2) is 4.98 Å². The van der Waals surface area contributed by atoms with Crippen LogP contribution in [-0.2, 0) is 6.61 Å². The summed E-state index contributed by atoms with van der Waals surface area (Å²) in [6.07, 6.45) is 3.14. The number of nitrogens with zero attached hydrogens (tertiary/aromatic N) is 2. The van der Waals surface area contributed by atoms with Gasteiger partial charge >= 0.3 is 0 Å². The Morgan fingerprint density at radius 1 is 1.29 bits per heavy atom. The lowest BCUT2D eigenvalue weighted by molar-refractivity contribution is 0.0909. The van der Waals surface area contributed by atoms with E-state index in [1.54, 1.807) is 36.7 Å². The molecule has 0 spiro atoms. The molecule has 2 aromatic rings. The second kappa shape index (κ2) is 7.62. The monoisotopic (exact) mass is 347 g/mol. The van der Waals surface area contributed by atoms with Gasteiger partial charge < -0.3 is 10.1 Å². The van der Waals surface area contributed by atoms with Gasteiger partial charge in [0.2, 0.25) is 0 Å². The van der Waals surface area contributed by atoms with E-state index in [0.717, 1.165) is 5.69 Å². The van der Waals surface area contributed by atoms with Gasteiger partial charge in [0.05, 0.1) is 11.3 Å². The van der Waals surface area contributed by atoms with Crippen molar-refractivity contribution in [1.29, 1.82) is 0 Å². The average Bonchev–Trinajstić information content (AvgIpc) is 2.52. The summed E-state index contributed by atoms with van der Waals surface area (Å²) in [5.74, 6) is 0.496. The van der Waals surface area contributed by atoms with Crippen molar-refractivity contribution in [3.63, 3.8) is 0 Å². The van der Waals surface area contributed by atoms with E-state index >= 15 is 0 Å². The third-order valence-electron chi connectivity index (χ3n) is 3.82. The predicted octanol–water partition coefficient (Wildman–Crippen LogP) is 3.87. The van der Waals surface area contributed by atoms with Crippen LogP contribution in [0, 0.1) is 5.41 Å². The Hall–Kier alpha value is -2.14. The molecule has 6 heteroatoms. The van der Waals surface area contributed by atoms with Gasteiger partial charge in [0.1, 0.15) is 17.5 Å². The number of carbonyl (C=O) groups excluding carboxylic acids is 1. The fourth-order valence-corrected chi connectivity index (χ4v) is 1.94. The maximum Gasteiger partial charge on any atom is 0.253 e. The summed E-state index contributed by atoms with van der Waals surface area (Å²) in [6, 6.07) is 6.94. The predicted molar refractivity (Wildman–Crippen MR) is 94.2 cm³/mol. The van der Waals surface area contributed by atoms with E-state index in [1.807, 2.05) is 6.92 Å². The topological polar surface area (TPSA) is 64.1 Å². The molecular formula is C18H22ClN3O2. The van der Waals surface area contributed by atoms with Gasteiger partial charge in [-0.3, -0.25) is 9.78 Å². The highest BCUT2D eigenvalue weighted by Crippen LogP contribution is 2.19. The minimum atomic E-state index is -0.127. The third kappa shape index (κ3) is 5.20. The van der Waals surface area contributed by atoms with Crippen LogP contribution in [0.1, 0.15) is 43.7 Å². The van der Waals surface area contributed by atoms with Crippen molar-refractivity contribution in [2.24, 2.45) is 5.41 Å². The van der Waals surface area contributed by atoms with Gasteiger partial charge in [-0.1, -0.05) is 32.4 Å². The summed E-state index contributed by atoms with van der Waals surface area (Å²) in [5.41, 5.74) is 1.26. The van der Waals surface area contributed by atoms with E-state index < -0.39 is 0 Å². The molecule has 1 atom stereocenters. The molecule has 1 amide bonds. The molecule has 5 nitrogen and oxygen atoms in total. The van der Waals surface area contributed by atoms with Crippen LogP contribution in [-0.4, -0.2) is 21.9 Å². The van der Waals surface area contributed by atoms with Crippen LogP contribution in [0.2, 0.25) is 5.15 Å². The van der Waals surface area contributed by atoms with Gasteiger partial charge in [-0.2, -0.15) is 0 Å². The zero-order chi connectivity index (χ0) is 17.7. The Kier molecular flexibility index (Phi) is 5.78. The molecular weight excluding hydrogens is 326 g/mol. The van der Waals surface area contributed by atoms with E-state index in [4.69, 9.17) is 16.3 Å². The molecule has 0 saturated carbocycles. The first-order valence-corrected chi connectivity index (χ1v) is 8.13. The van der Waals surface area contributed by atoms with Crippen molar-refractivity contribution >= 4 is 17.5 Å². The van der Waals surface area contributed by atoms with Gasteiger partial charge in [0.15, 0.2) is 0 Å². The van der Waals surface area contributed by atoms with Crippen LogP contribution in [0.3, 0.4) is 0 Å². The molecule has 128 valence electrons. The molecule has 0 aliphatic rings. The summed E-state index contributed by atoms with van der Waals surface area (Å²) in [4.78, 5) is 20.4. The molecule has 0 aliphatic heterocycles. The molecule has 0 aromatic carbocycles. The smallest absolute Gasteiger partial charge is 0.253 e. The Balaban J connectivity index is 1.94. The molecule has 24 heavy (non-hydrogen) atoms. The fraction of sp³-hybridized carbons (Fsp3) is 0.389. The molecule has 0 bridgehead atoms. The molecule has 1 unspecified atom stereocenters. The van der Waals surface area contributed by atoms with E-state index in [2.05, 4.69) is 36.1 Å². The number of halogens is 1. The van der Waals surface area contributed by atoms with Gasteiger partial charge in [-0.05, 0) is 30.5 Å². The maximum atomic E-state index is 12.2. The van der Waals surface area contributed by atoms with Crippen molar-refractivity contribution in [3.05, 3.63) is 53.1 Å². The van der Waals surface area contributed by atoms with E-state index in [0.29, 0.717) is 23.1 Å². The minimum absolute atomic E-state index is 0.00266. The first-order chi connectivity index (χ1) is 11.3. The first kappa shape index (κ1) is 18.2. The first-order valence-electron chi connectivity index (χ1n) is 7.76. The Morgan fingerprint density at radius 2 is 2.04 bits per heavy atom. The van der Waals surface area contributed by atoms with Crippen molar-refractivity contribution in [3.8, 4) is 5.75 Å². The lowest BCUT2D eigenvalue weighted by atomic mass is 9.88. The number of nitrogens with one attached hydrogen (secondary N) is 1. The Bertz CT molecular complexity index is 696. The van der Waals surface area contributed by atoms with Crippen molar-refractivity contribution in [1.82, 2.24) is 15.3 Å². The van der Waals surface area contributed by atoms with Gasteiger partial charge in [0, 0.05) is 24.5 Å². The number of ether oxygens (including phenoxy) is 1. The summed E-state index contributed by atoms with van der Waals surface area (Å²) in [5, 5.41) is 3.36. The highest BCUT2D eigenvalue weighted by molar-refractivity contribution is 6.29. The van der Waals surface area contributed by atoms with Crippen LogP contribution in [0.5, 0.6) is 5.75 Å². The molecule has 1 N–H and O–H groups in total. The Morgan fingerprint density at radius 3 is 2.62 bits per heavy atom. The van der Waals surface area contributed by atoms with E-state index in [9.17, 15) is 4.79 Å². The number of rotatable bonds is 5. The van der Waals surface area contributed by atoms with Crippen molar-refractivity contribution in [2.75, 3.05) is 0 Å². The highest BCUT2D eigenvalue weighted by Gasteiger charge is 2.22.